The van der Waals surface area contributed by atoms with Gasteiger partial charge in [-0.05, 0) is 116 Å². The van der Waals surface area contributed by atoms with Crippen molar-refractivity contribution in [2.24, 2.45) is 0 Å². The van der Waals surface area contributed by atoms with Gasteiger partial charge in [0.25, 0.3) is 0 Å². The molecule has 0 heterocycles. The zero-order chi connectivity index (χ0) is 55.0. The number of carbonyl (C=O) groups excluding carboxylic acids is 3. The number of rotatable bonds is 58. The lowest BCUT2D eigenvalue weighted by Crippen LogP contribution is -2.30. The Balaban J connectivity index is 4.29. The van der Waals surface area contributed by atoms with Crippen molar-refractivity contribution in [2.45, 2.75) is 316 Å². The van der Waals surface area contributed by atoms with Gasteiger partial charge in [0.05, 0.1) is 0 Å². The van der Waals surface area contributed by atoms with Crippen LogP contribution in [-0.2, 0) is 28.6 Å². The summed E-state index contributed by atoms with van der Waals surface area (Å²) in [6.45, 7) is 6.45. The Morgan fingerprint density at radius 2 is 0.539 bits per heavy atom. The van der Waals surface area contributed by atoms with E-state index < -0.39 is 6.10 Å². The largest absolute Gasteiger partial charge is 0.462 e. The lowest BCUT2D eigenvalue weighted by Gasteiger charge is -2.18. The van der Waals surface area contributed by atoms with Gasteiger partial charge in [-0.25, -0.2) is 0 Å². The number of hydrogen-bond donors (Lipinski definition) is 0. The predicted octanol–water partition coefficient (Wildman–Crippen LogP) is 22.0. The fourth-order valence-electron chi connectivity index (χ4n) is 8.97. The van der Waals surface area contributed by atoms with Gasteiger partial charge in [-0.1, -0.05) is 272 Å². The number of esters is 3. The van der Waals surface area contributed by atoms with E-state index in [1.807, 2.05) is 0 Å². The summed E-state index contributed by atoms with van der Waals surface area (Å²) in [5, 5.41) is 0. The van der Waals surface area contributed by atoms with Crippen LogP contribution in [0.5, 0.6) is 0 Å². The fraction of sp³-hybridized carbons (Fsp3) is 0.729. The minimum absolute atomic E-state index is 0.0843. The van der Waals surface area contributed by atoms with Crippen molar-refractivity contribution < 1.29 is 28.6 Å². The number of ether oxygens (including phenoxy) is 3. The first-order valence-corrected chi connectivity index (χ1v) is 32.2. The number of allylic oxidation sites excluding steroid dienone is 16. The Bertz CT molecular complexity index is 1490. The molecule has 76 heavy (non-hydrogen) atoms. The number of unbranched alkanes of at least 4 members (excludes halogenated alkanes) is 31. The highest BCUT2D eigenvalue weighted by molar-refractivity contribution is 5.71. The molecule has 6 nitrogen and oxygen atoms in total. The highest BCUT2D eigenvalue weighted by Gasteiger charge is 2.19. The summed E-state index contributed by atoms with van der Waals surface area (Å²) in [7, 11) is 0. The van der Waals surface area contributed by atoms with Crippen LogP contribution >= 0.6 is 0 Å². The summed E-state index contributed by atoms with van der Waals surface area (Å²) in [5.74, 6) is -0.898. The first-order chi connectivity index (χ1) is 37.5. The van der Waals surface area contributed by atoms with Crippen molar-refractivity contribution in [1.29, 1.82) is 0 Å². The molecule has 1 atom stereocenters. The Kier molecular flexibility index (Phi) is 60.8. The van der Waals surface area contributed by atoms with Crippen LogP contribution < -0.4 is 0 Å². The molecule has 0 aromatic carbocycles. The van der Waals surface area contributed by atoms with Crippen molar-refractivity contribution in [2.75, 3.05) is 13.2 Å². The van der Waals surface area contributed by atoms with E-state index in [9.17, 15) is 14.4 Å². The van der Waals surface area contributed by atoms with E-state index in [4.69, 9.17) is 14.2 Å². The monoisotopic (exact) mass is 1060 g/mol. The molecule has 0 aliphatic carbocycles. The Labute approximate surface area is 470 Å². The van der Waals surface area contributed by atoms with Crippen LogP contribution in [0, 0.1) is 0 Å². The van der Waals surface area contributed by atoms with E-state index in [1.165, 1.54) is 141 Å². The summed E-state index contributed by atoms with van der Waals surface area (Å²) in [5.41, 5.74) is 0. The van der Waals surface area contributed by atoms with E-state index in [0.717, 1.165) is 128 Å². The quantitative estimate of drug-likeness (QED) is 0.0261. The van der Waals surface area contributed by atoms with Gasteiger partial charge in [-0.2, -0.15) is 0 Å². The topological polar surface area (TPSA) is 78.9 Å². The zero-order valence-corrected chi connectivity index (χ0v) is 50.0. The Hall–Kier alpha value is -3.67. The maximum absolute atomic E-state index is 12.9. The third kappa shape index (κ3) is 61.2. The molecule has 0 aromatic rings. The molecule has 0 amide bonds. The summed E-state index contributed by atoms with van der Waals surface area (Å²) in [6, 6.07) is 0. The highest BCUT2D eigenvalue weighted by atomic mass is 16.6. The van der Waals surface area contributed by atoms with Crippen LogP contribution in [0.1, 0.15) is 310 Å². The molecule has 0 fully saturated rings. The Morgan fingerprint density at radius 1 is 0.276 bits per heavy atom. The summed E-state index contributed by atoms with van der Waals surface area (Å²) >= 11 is 0. The average Bonchev–Trinajstić information content (AvgIpc) is 3.42. The molecule has 6 heteroatoms. The third-order valence-electron chi connectivity index (χ3n) is 13.8. The summed E-state index contributed by atoms with van der Waals surface area (Å²) in [6.07, 6.45) is 85.6. The molecule has 0 saturated carbocycles. The first kappa shape index (κ1) is 72.3. The van der Waals surface area contributed by atoms with Crippen LogP contribution in [0.2, 0.25) is 0 Å². The molecule has 0 radical (unpaired) electrons. The fourth-order valence-corrected chi connectivity index (χ4v) is 8.97. The second-order valence-electron chi connectivity index (χ2n) is 21.3. The molecule has 0 rings (SSSR count). The molecule has 0 bridgehead atoms. The second kappa shape index (κ2) is 63.9. The molecule has 0 aliphatic heterocycles. The van der Waals surface area contributed by atoms with Crippen LogP contribution in [0.3, 0.4) is 0 Å². The van der Waals surface area contributed by atoms with Crippen molar-refractivity contribution in [3.63, 3.8) is 0 Å². The molecule has 0 aliphatic rings. The van der Waals surface area contributed by atoms with Gasteiger partial charge in [0, 0.05) is 19.3 Å². The van der Waals surface area contributed by atoms with Gasteiger partial charge in [0.15, 0.2) is 6.10 Å². The lowest BCUT2D eigenvalue weighted by atomic mass is 10.0. The molecule has 0 saturated heterocycles. The highest BCUT2D eigenvalue weighted by Crippen LogP contribution is 2.16. The average molecular weight is 1060 g/mol. The van der Waals surface area contributed by atoms with Crippen LogP contribution in [-0.4, -0.2) is 37.2 Å². The molecule has 0 N–H and O–H groups in total. The minimum Gasteiger partial charge on any atom is -0.462 e. The van der Waals surface area contributed by atoms with E-state index in [2.05, 4.69) is 118 Å². The first-order valence-electron chi connectivity index (χ1n) is 32.2. The van der Waals surface area contributed by atoms with Gasteiger partial charge in [-0.15, -0.1) is 0 Å². The number of carbonyl (C=O) groups is 3. The molecular weight excluding hydrogens is 937 g/mol. The number of hydrogen-bond acceptors (Lipinski definition) is 6. The van der Waals surface area contributed by atoms with E-state index in [1.54, 1.807) is 0 Å². The van der Waals surface area contributed by atoms with Crippen LogP contribution in [0.4, 0.5) is 0 Å². The van der Waals surface area contributed by atoms with Crippen LogP contribution in [0.25, 0.3) is 0 Å². The van der Waals surface area contributed by atoms with Gasteiger partial charge in [0.1, 0.15) is 13.2 Å². The third-order valence-corrected chi connectivity index (χ3v) is 13.8. The molecular formula is C70H120O6. The van der Waals surface area contributed by atoms with E-state index in [-0.39, 0.29) is 31.1 Å². The van der Waals surface area contributed by atoms with Gasteiger partial charge >= 0.3 is 17.9 Å². The summed E-state index contributed by atoms with van der Waals surface area (Å²) < 4.78 is 16.9. The van der Waals surface area contributed by atoms with Crippen molar-refractivity contribution in [3.05, 3.63) is 97.2 Å². The van der Waals surface area contributed by atoms with Crippen molar-refractivity contribution >= 4 is 17.9 Å². The minimum atomic E-state index is -0.789. The second-order valence-corrected chi connectivity index (χ2v) is 21.3. The van der Waals surface area contributed by atoms with Crippen molar-refractivity contribution in [1.82, 2.24) is 0 Å². The maximum atomic E-state index is 12.9. The predicted molar refractivity (Wildman–Crippen MR) is 330 cm³/mol. The van der Waals surface area contributed by atoms with Crippen LogP contribution in [0.15, 0.2) is 97.2 Å². The normalized spacial score (nSPS) is 12.7. The van der Waals surface area contributed by atoms with Crippen molar-refractivity contribution in [3.8, 4) is 0 Å². The summed E-state index contributed by atoms with van der Waals surface area (Å²) in [4.78, 5) is 38.3. The zero-order valence-electron chi connectivity index (χ0n) is 50.0. The van der Waals surface area contributed by atoms with Gasteiger partial charge in [-0.3, -0.25) is 14.4 Å². The maximum Gasteiger partial charge on any atom is 0.306 e. The molecule has 0 spiro atoms. The lowest BCUT2D eigenvalue weighted by molar-refractivity contribution is -0.167. The molecule has 436 valence electrons. The van der Waals surface area contributed by atoms with E-state index >= 15 is 0 Å². The smallest absolute Gasteiger partial charge is 0.306 e. The molecule has 1 unspecified atom stereocenters. The van der Waals surface area contributed by atoms with E-state index in [0.29, 0.717) is 19.3 Å². The standard InChI is InChI=1S/C70H120O6/c1-4-7-10-13-16-19-22-25-27-29-31-32-33-34-35-36-37-38-39-41-42-45-48-51-54-57-60-63-69(72)75-66-67(65-74-68(71)62-59-56-53-50-47-44-24-21-18-15-12-9-6-3)76-70(73)64-61-58-55-52-49-46-43-40-30-28-26-23-20-17-14-11-8-5-2/h7,10,12,15-16,19-21,23-25,27-28,30-32,67H,4-6,8-9,11,13-14,17-18,22,26,29,33-66H2,1-3H3/b10-7-,15-12-,19-16-,23-20-,24-21-,27-25-,30-28-,32-31-. The van der Waals surface area contributed by atoms with Gasteiger partial charge in [0.2, 0.25) is 0 Å². The Morgan fingerprint density at radius 3 is 0.855 bits per heavy atom. The van der Waals surface area contributed by atoms with Gasteiger partial charge < -0.3 is 14.2 Å². The molecule has 0 aromatic heterocycles. The SMILES string of the molecule is CC/C=C\C/C=C\C/C=C\C/C=C\CCCCCCCCCCCCCCCCC(=O)OCC(COC(=O)CCCCCCC/C=C\C/C=C\CCC)OC(=O)CCCCCCCCC/C=C\C/C=C\CCCCCC.